The quantitative estimate of drug-likeness (QED) is 0.672. The monoisotopic (exact) mass is 263 g/mol. The Labute approximate surface area is 105 Å². The molecule has 0 spiro atoms. The van der Waals surface area contributed by atoms with Crippen molar-refractivity contribution < 1.29 is 13.2 Å². The third-order valence-corrected chi connectivity index (χ3v) is 5.10. The molecule has 0 aromatic heterocycles. The maximum atomic E-state index is 11.6. The van der Waals surface area contributed by atoms with Crippen molar-refractivity contribution >= 4 is 9.84 Å². The molecule has 0 heterocycles. The van der Waals surface area contributed by atoms with Crippen LogP contribution in [-0.4, -0.2) is 46.2 Å². The summed E-state index contributed by atoms with van der Waals surface area (Å²) in [7, 11) is -1.17. The van der Waals surface area contributed by atoms with Crippen molar-refractivity contribution in [2.75, 3.05) is 26.5 Å². The van der Waals surface area contributed by atoms with E-state index < -0.39 is 9.84 Å². The minimum atomic E-state index is -2.89. The molecule has 0 amide bonds. The highest BCUT2D eigenvalue weighted by Gasteiger charge is 2.33. The summed E-state index contributed by atoms with van der Waals surface area (Å²) in [6, 6.07) is 0.174. The van der Waals surface area contributed by atoms with E-state index in [9.17, 15) is 8.42 Å². The van der Waals surface area contributed by atoms with Gasteiger partial charge in [-0.25, -0.2) is 8.42 Å². The van der Waals surface area contributed by atoms with Crippen LogP contribution in [0.15, 0.2) is 0 Å². The number of sulfone groups is 1. The van der Waals surface area contributed by atoms with E-state index in [0.717, 1.165) is 51.7 Å². The van der Waals surface area contributed by atoms with Gasteiger partial charge in [-0.1, -0.05) is 6.42 Å². The molecular formula is C12H25NO3S. The number of ether oxygens (including phenoxy) is 1. The zero-order chi connectivity index (χ0) is 12.7. The lowest BCUT2D eigenvalue weighted by Crippen LogP contribution is -2.40. The summed E-state index contributed by atoms with van der Waals surface area (Å²) in [4.78, 5) is 0. The van der Waals surface area contributed by atoms with Gasteiger partial charge in [0, 0.05) is 26.0 Å². The average molecular weight is 263 g/mol. The van der Waals surface area contributed by atoms with Crippen molar-refractivity contribution in [3.63, 3.8) is 0 Å². The fourth-order valence-corrected chi connectivity index (χ4v) is 3.93. The zero-order valence-corrected chi connectivity index (χ0v) is 11.8. The van der Waals surface area contributed by atoms with Gasteiger partial charge in [-0.3, -0.25) is 0 Å². The summed E-state index contributed by atoms with van der Waals surface area (Å²) in [6.45, 7) is 1.73. The Balaban J connectivity index is 2.18. The largest absolute Gasteiger partial charge is 0.385 e. The first-order chi connectivity index (χ1) is 8.05. The maximum absolute atomic E-state index is 11.6. The molecule has 5 heteroatoms. The second kappa shape index (κ2) is 7.34. The van der Waals surface area contributed by atoms with Crippen molar-refractivity contribution in [3.05, 3.63) is 0 Å². The molecule has 0 aromatic carbocycles. The highest BCUT2D eigenvalue weighted by molar-refractivity contribution is 7.91. The Kier molecular flexibility index (Phi) is 6.44. The molecule has 1 aliphatic carbocycles. The van der Waals surface area contributed by atoms with Crippen LogP contribution in [0.2, 0.25) is 0 Å². The summed E-state index contributed by atoms with van der Waals surface area (Å²) in [5, 5.41) is 3.23. The number of unbranched alkanes of at least 4 members (excludes halogenated alkanes) is 2. The molecule has 1 fully saturated rings. The van der Waals surface area contributed by atoms with Crippen molar-refractivity contribution in [1.82, 2.24) is 5.32 Å². The average Bonchev–Trinajstić information content (AvgIpc) is 2.71. The smallest absolute Gasteiger partial charge is 0.151 e. The summed E-state index contributed by atoms with van der Waals surface area (Å²) in [6.07, 6.45) is 7.51. The van der Waals surface area contributed by atoms with Crippen molar-refractivity contribution in [3.8, 4) is 0 Å². The lowest BCUT2D eigenvalue weighted by Gasteiger charge is -2.19. The lowest BCUT2D eigenvalue weighted by atomic mass is 10.2. The first-order valence-corrected chi connectivity index (χ1v) is 8.42. The number of nitrogens with one attached hydrogen (secondary N) is 1. The number of rotatable bonds is 8. The Morgan fingerprint density at radius 2 is 2.00 bits per heavy atom. The first kappa shape index (κ1) is 14.9. The second-order valence-corrected chi connectivity index (χ2v) is 7.18. The van der Waals surface area contributed by atoms with Crippen LogP contribution in [-0.2, 0) is 14.6 Å². The second-order valence-electron chi connectivity index (χ2n) is 4.91. The third-order valence-electron chi connectivity index (χ3n) is 3.43. The molecule has 1 aliphatic rings. The summed E-state index contributed by atoms with van der Waals surface area (Å²) >= 11 is 0. The van der Waals surface area contributed by atoms with Crippen LogP contribution < -0.4 is 5.32 Å². The van der Waals surface area contributed by atoms with E-state index in [0.29, 0.717) is 0 Å². The molecule has 102 valence electrons. The van der Waals surface area contributed by atoms with Crippen LogP contribution in [0.1, 0.15) is 38.5 Å². The summed E-state index contributed by atoms with van der Waals surface area (Å²) < 4.78 is 28.1. The van der Waals surface area contributed by atoms with E-state index in [2.05, 4.69) is 5.32 Å². The molecule has 17 heavy (non-hydrogen) atoms. The standard InChI is InChI=1S/C12H25NO3S/c1-16-10-5-3-4-9-13-11-7-6-8-12(11)17(2,14)15/h11-13H,3-10H2,1-2H3. The lowest BCUT2D eigenvalue weighted by molar-refractivity contribution is 0.192. The van der Waals surface area contributed by atoms with Gasteiger partial charge in [-0.2, -0.15) is 0 Å². The van der Waals surface area contributed by atoms with Gasteiger partial charge in [0.25, 0.3) is 0 Å². The molecule has 0 bridgehead atoms. The predicted octanol–water partition coefficient (Wildman–Crippen LogP) is 1.36. The van der Waals surface area contributed by atoms with Gasteiger partial charge in [0.2, 0.25) is 0 Å². The molecule has 2 atom stereocenters. The van der Waals surface area contributed by atoms with E-state index in [1.807, 2.05) is 0 Å². The first-order valence-electron chi connectivity index (χ1n) is 6.47. The molecule has 0 aliphatic heterocycles. The topological polar surface area (TPSA) is 55.4 Å². The van der Waals surface area contributed by atoms with Crippen molar-refractivity contribution in [2.24, 2.45) is 0 Å². The van der Waals surface area contributed by atoms with E-state index in [1.165, 1.54) is 6.26 Å². The van der Waals surface area contributed by atoms with Gasteiger partial charge in [0.1, 0.15) is 0 Å². The number of methoxy groups -OCH3 is 1. The fraction of sp³-hybridized carbons (Fsp3) is 1.00. The van der Waals surface area contributed by atoms with Crippen LogP contribution in [0.4, 0.5) is 0 Å². The van der Waals surface area contributed by atoms with Crippen molar-refractivity contribution in [2.45, 2.75) is 49.8 Å². The highest BCUT2D eigenvalue weighted by atomic mass is 32.2. The molecule has 0 aromatic rings. The number of hydrogen-bond donors (Lipinski definition) is 1. The van der Waals surface area contributed by atoms with Gasteiger partial charge >= 0.3 is 0 Å². The molecule has 2 unspecified atom stereocenters. The zero-order valence-electron chi connectivity index (χ0n) is 10.9. The van der Waals surface area contributed by atoms with Gasteiger partial charge in [-0.15, -0.1) is 0 Å². The maximum Gasteiger partial charge on any atom is 0.151 e. The molecule has 1 saturated carbocycles. The van der Waals surface area contributed by atoms with Gasteiger partial charge < -0.3 is 10.1 Å². The van der Waals surface area contributed by atoms with Crippen molar-refractivity contribution in [1.29, 1.82) is 0 Å². The van der Waals surface area contributed by atoms with Crippen LogP contribution in [0.3, 0.4) is 0 Å². The molecule has 1 rings (SSSR count). The predicted molar refractivity (Wildman–Crippen MR) is 70.0 cm³/mol. The highest BCUT2D eigenvalue weighted by Crippen LogP contribution is 2.24. The Bertz CT molecular complexity index is 303. The SMILES string of the molecule is COCCCCCNC1CCCC1S(C)(=O)=O. The Hall–Kier alpha value is -0.130. The molecular weight excluding hydrogens is 238 g/mol. The normalized spacial score (nSPS) is 25.3. The Morgan fingerprint density at radius 3 is 2.65 bits per heavy atom. The van der Waals surface area contributed by atoms with Crippen LogP contribution >= 0.6 is 0 Å². The third kappa shape index (κ3) is 5.36. The van der Waals surface area contributed by atoms with Gasteiger partial charge in [-0.05, 0) is 38.6 Å². The van der Waals surface area contributed by atoms with E-state index >= 15 is 0 Å². The van der Waals surface area contributed by atoms with Gasteiger partial charge in [0.05, 0.1) is 5.25 Å². The molecule has 4 nitrogen and oxygen atoms in total. The minimum absolute atomic E-state index is 0.165. The molecule has 1 N–H and O–H groups in total. The molecule has 0 radical (unpaired) electrons. The summed E-state index contributed by atoms with van der Waals surface area (Å²) in [5.74, 6) is 0. The van der Waals surface area contributed by atoms with Crippen LogP contribution in [0.5, 0.6) is 0 Å². The van der Waals surface area contributed by atoms with E-state index in [4.69, 9.17) is 4.74 Å². The fourth-order valence-electron chi connectivity index (χ4n) is 2.51. The summed E-state index contributed by atoms with van der Waals surface area (Å²) in [5.41, 5.74) is 0. The van der Waals surface area contributed by atoms with E-state index in [-0.39, 0.29) is 11.3 Å². The van der Waals surface area contributed by atoms with Gasteiger partial charge in [0.15, 0.2) is 9.84 Å². The van der Waals surface area contributed by atoms with Crippen LogP contribution in [0.25, 0.3) is 0 Å². The number of hydrogen-bond acceptors (Lipinski definition) is 4. The van der Waals surface area contributed by atoms with E-state index in [1.54, 1.807) is 7.11 Å². The Morgan fingerprint density at radius 1 is 1.24 bits per heavy atom. The minimum Gasteiger partial charge on any atom is -0.385 e. The van der Waals surface area contributed by atoms with Crippen LogP contribution in [0, 0.1) is 0 Å². The molecule has 0 saturated heterocycles.